The fourth-order valence-corrected chi connectivity index (χ4v) is 1.98. The minimum absolute atomic E-state index is 0.200. The molecule has 0 unspecified atom stereocenters. The first-order chi connectivity index (χ1) is 9.06. The molecule has 5 nitrogen and oxygen atoms in total. The van der Waals surface area contributed by atoms with E-state index < -0.39 is 0 Å². The molecule has 0 aliphatic carbocycles. The zero-order chi connectivity index (χ0) is 14.0. The fourth-order valence-electron chi connectivity index (χ4n) is 1.71. The minimum atomic E-state index is 0.200. The van der Waals surface area contributed by atoms with Crippen LogP contribution < -0.4 is 10.5 Å². The van der Waals surface area contributed by atoms with Gasteiger partial charge in [-0.3, -0.25) is 0 Å². The maximum absolute atomic E-state index is 6.29. The Morgan fingerprint density at radius 1 is 1.42 bits per heavy atom. The summed E-state index contributed by atoms with van der Waals surface area (Å²) in [6.45, 7) is 4.38. The number of hydrogen-bond donors (Lipinski definition) is 1. The van der Waals surface area contributed by atoms with Crippen molar-refractivity contribution < 1.29 is 9.26 Å². The van der Waals surface area contributed by atoms with Gasteiger partial charge in [-0.25, -0.2) is 0 Å². The number of aromatic nitrogens is 2. The molecule has 0 aliphatic rings. The van der Waals surface area contributed by atoms with Crippen LogP contribution >= 0.6 is 11.6 Å². The van der Waals surface area contributed by atoms with Crippen molar-refractivity contribution in [3.8, 4) is 17.1 Å². The molecule has 6 heteroatoms. The standard InChI is InChI=1S/C13H16ClN3O2/c1-7(2)8-4-9(12(14)10(5-8)18-3)13-16-11(6-15)19-17-13/h4-5,7H,6,15H2,1-3H3. The molecule has 2 aromatic rings. The normalized spacial score (nSPS) is 11.1. The predicted molar refractivity (Wildman–Crippen MR) is 73.3 cm³/mol. The molecule has 0 fully saturated rings. The molecule has 102 valence electrons. The maximum atomic E-state index is 6.29. The Hall–Kier alpha value is -1.59. The van der Waals surface area contributed by atoms with E-state index in [0.717, 1.165) is 5.56 Å². The Morgan fingerprint density at radius 3 is 2.68 bits per heavy atom. The monoisotopic (exact) mass is 281 g/mol. The van der Waals surface area contributed by atoms with Gasteiger partial charge >= 0.3 is 0 Å². The van der Waals surface area contributed by atoms with Crippen LogP contribution in [0.1, 0.15) is 31.2 Å². The second-order valence-corrected chi connectivity index (χ2v) is 4.83. The maximum Gasteiger partial charge on any atom is 0.240 e. The third-order valence-corrected chi connectivity index (χ3v) is 3.22. The van der Waals surface area contributed by atoms with E-state index in [0.29, 0.717) is 34.0 Å². The SMILES string of the molecule is COc1cc(C(C)C)cc(-c2noc(CN)n2)c1Cl. The summed E-state index contributed by atoms with van der Waals surface area (Å²) >= 11 is 6.29. The van der Waals surface area contributed by atoms with Crippen molar-refractivity contribution in [2.24, 2.45) is 5.73 Å². The number of halogens is 1. The highest BCUT2D eigenvalue weighted by Gasteiger charge is 2.17. The van der Waals surface area contributed by atoms with E-state index in [2.05, 4.69) is 24.0 Å². The topological polar surface area (TPSA) is 74.2 Å². The Labute approximate surface area is 116 Å². The fraction of sp³-hybridized carbons (Fsp3) is 0.385. The average molecular weight is 282 g/mol. The molecular weight excluding hydrogens is 266 g/mol. The van der Waals surface area contributed by atoms with Crippen molar-refractivity contribution in [3.05, 3.63) is 28.6 Å². The molecular formula is C13H16ClN3O2. The van der Waals surface area contributed by atoms with Gasteiger partial charge in [-0.1, -0.05) is 30.6 Å². The highest BCUT2D eigenvalue weighted by Crippen LogP contribution is 2.37. The summed E-state index contributed by atoms with van der Waals surface area (Å²) in [6, 6.07) is 3.86. The van der Waals surface area contributed by atoms with Crippen LogP contribution in [0.3, 0.4) is 0 Å². The second-order valence-electron chi connectivity index (χ2n) is 4.46. The number of hydrogen-bond acceptors (Lipinski definition) is 5. The highest BCUT2D eigenvalue weighted by molar-refractivity contribution is 6.34. The largest absolute Gasteiger partial charge is 0.495 e. The van der Waals surface area contributed by atoms with Crippen LogP contribution in [0.4, 0.5) is 0 Å². The average Bonchev–Trinajstić information content (AvgIpc) is 2.87. The molecule has 1 aromatic carbocycles. The zero-order valence-corrected chi connectivity index (χ0v) is 11.9. The van der Waals surface area contributed by atoms with Crippen molar-refractivity contribution in [1.82, 2.24) is 10.1 Å². The number of nitrogens with two attached hydrogens (primary N) is 1. The van der Waals surface area contributed by atoms with Crippen molar-refractivity contribution in [3.63, 3.8) is 0 Å². The minimum Gasteiger partial charge on any atom is -0.495 e. The van der Waals surface area contributed by atoms with Gasteiger partial charge in [0.2, 0.25) is 11.7 Å². The number of nitrogens with zero attached hydrogens (tertiary/aromatic N) is 2. The van der Waals surface area contributed by atoms with Gasteiger partial charge in [0.25, 0.3) is 0 Å². The zero-order valence-electron chi connectivity index (χ0n) is 11.1. The third kappa shape index (κ3) is 2.72. The van der Waals surface area contributed by atoms with Crippen molar-refractivity contribution in [1.29, 1.82) is 0 Å². The van der Waals surface area contributed by atoms with Crippen LogP contribution in [0.25, 0.3) is 11.4 Å². The number of ether oxygens (including phenoxy) is 1. The second kappa shape index (κ2) is 5.59. The first-order valence-corrected chi connectivity index (χ1v) is 6.35. The number of benzene rings is 1. The molecule has 1 aromatic heterocycles. The molecule has 1 heterocycles. The predicted octanol–water partition coefficient (Wildman–Crippen LogP) is 2.98. The van der Waals surface area contributed by atoms with Crippen LogP contribution in [0.5, 0.6) is 5.75 Å². The summed E-state index contributed by atoms with van der Waals surface area (Å²) in [5.74, 6) is 1.74. The molecule has 0 atom stereocenters. The van der Waals surface area contributed by atoms with Crippen molar-refractivity contribution in [2.75, 3.05) is 7.11 Å². The first kappa shape index (κ1) is 13.8. The lowest BCUT2D eigenvalue weighted by Gasteiger charge is -2.12. The quantitative estimate of drug-likeness (QED) is 0.932. The molecule has 0 spiro atoms. The summed E-state index contributed by atoms with van der Waals surface area (Å²) < 4.78 is 10.3. The van der Waals surface area contributed by atoms with Crippen LogP contribution in [-0.4, -0.2) is 17.3 Å². The lowest BCUT2D eigenvalue weighted by molar-refractivity contribution is 0.380. The van der Waals surface area contributed by atoms with Crippen LogP contribution in [0.15, 0.2) is 16.7 Å². The smallest absolute Gasteiger partial charge is 0.240 e. The summed E-state index contributed by atoms with van der Waals surface area (Å²) in [7, 11) is 1.58. The summed E-state index contributed by atoms with van der Waals surface area (Å²) in [4.78, 5) is 4.19. The van der Waals surface area contributed by atoms with Gasteiger partial charge in [-0.15, -0.1) is 0 Å². The van der Waals surface area contributed by atoms with Gasteiger partial charge in [0.15, 0.2) is 0 Å². The van der Waals surface area contributed by atoms with E-state index in [-0.39, 0.29) is 6.54 Å². The van der Waals surface area contributed by atoms with Gasteiger partial charge < -0.3 is 15.0 Å². The van der Waals surface area contributed by atoms with E-state index in [1.165, 1.54) is 0 Å². The van der Waals surface area contributed by atoms with Crippen LogP contribution in [0, 0.1) is 0 Å². The van der Waals surface area contributed by atoms with Gasteiger partial charge in [0.1, 0.15) is 5.75 Å². The van der Waals surface area contributed by atoms with E-state index in [1.807, 2.05) is 12.1 Å². The summed E-state index contributed by atoms with van der Waals surface area (Å²) in [5.41, 5.74) is 7.24. The van der Waals surface area contributed by atoms with Crippen molar-refractivity contribution in [2.45, 2.75) is 26.3 Å². The summed E-state index contributed by atoms with van der Waals surface area (Å²) in [5, 5.41) is 4.36. The number of methoxy groups -OCH3 is 1. The molecule has 0 saturated heterocycles. The highest BCUT2D eigenvalue weighted by atomic mass is 35.5. The van der Waals surface area contributed by atoms with Gasteiger partial charge in [-0.05, 0) is 23.6 Å². The van der Waals surface area contributed by atoms with Crippen LogP contribution in [-0.2, 0) is 6.54 Å². The van der Waals surface area contributed by atoms with Gasteiger partial charge in [0.05, 0.1) is 18.7 Å². The molecule has 2 N–H and O–H groups in total. The van der Waals surface area contributed by atoms with E-state index in [4.69, 9.17) is 26.6 Å². The molecule has 2 rings (SSSR count). The van der Waals surface area contributed by atoms with Crippen molar-refractivity contribution >= 4 is 11.6 Å². The lowest BCUT2D eigenvalue weighted by Crippen LogP contribution is -1.97. The Morgan fingerprint density at radius 2 is 2.16 bits per heavy atom. The molecule has 19 heavy (non-hydrogen) atoms. The lowest BCUT2D eigenvalue weighted by atomic mass is 10.00. The first-order valence-electron chi connectivity index (χ1n) is 5.97. The van der Waals surface area contributed by atoms with E-state index >= 15 is 0 Å². The molecule has 0 saturated carbocycles. The van der Waals surface area contributed by atoms with E-state index in [1.54, 1.807) is 7.11 Å². The van der Waals surface area contributed by atoms with Crippen LogP contribution in [0.2, 0.25) is 5.02 Å². The Balaban J connectivity index is 2.57. The van der Waals surface area contributed by atoms with Gasteiger partial charge in [-0.2, -0.15) is 4.98 Å². The third-order valence-electron chi connectivity index (χ3n) is 2.83. The molecule has 0 radical (unpaired) electrons. The summed E-state index contributed by atoms with van der Waals surface area (Å²) in [6.07, 6.45) is 0. The van der Waals surface area contributed by atoms with Gasteiger partial charge in [0, 0.05) is 5.56 Å². The number of rotatable bonds is 4. The van der Waals surface area contributed by atoms with E-state index in [9.17, 15) is 0 Å². The Bertz CT molecular complexity index is 581. The Kier molecular flexibility index (Phi) is 4.07. The molecule has 0 bridgehead atoms. The molecule has 0 aliphatic heterocycles. The molecule has 0 amide bonds.